The van der Waals surface area contributed by atoms with Gasteiger partial charge in [-0.05, 0) is 74.5 Å². The highest BCUT2D eigenvalue weighted by Crippen LogP contribution is 2.32. The van der Waals surface area contributed by atoms with Gasteiger partial charge in [0.1, 0.15) is 12.2 Å². The molecule has 1 aromatic carbocycles. The number of allylic oxidation sites excluding steroid dienone is 4. The molecule has 1 saturated carbocycles. The van der Waals surface area contributed by atoms with Crippen molar-refractivity contribution in [3.63, 3.8) is 0 Å². The molecule has 2 amide bonds. The smallest absolute Gasteiger partial charge is 0.329 e. The molecule has 1 atom stereocenters. The van der Waals surface area contributed by atoms with Crippen LogP contribution in [0.4, 0.5) is 14.9 Å². The lowest BCUT2D eigenvalue weighted by atomic mass is 10.2. The number of thiophene rings is 1. The number of aromatic nitrogens is 2. The van der Waals surface area contributed by atoms with E-state index in [1.807, 2.05) is 30.5 Å². The molecule has 7 nitrogen and oxygen atoms in total. The van der Waals surface area contributed by atoms with Crippen LogP contribution in [0.1, 0.15) is 26.7 Å². The summed E-state index contributed by atoms with van der Waals surface area (Å²) in [6, 6.07) is 8.88. The molecule has 3 N–H and O–H groups in total. The van der Waals surface area contributed by atoms with E-state index in [2.05, 4.69) is 26.9 Å². The van der Waals surface area contributed by atoms with Crippen LogP contribution in [0.3, 0.4) is 0 Å². The number of anilines is 1. The lowest BCUT2D eigenvalue weighted by Crippen LogP contribution is -2.31. The van der Waals surface area contributed by atoms with Crippen molar-refractivity contribution in [1.29, 1.82) is 0 Å². The summed E-state index contributed by atoms with van der Waals surface area (Å²) in [5.74, 6) is -0.716. The lowest BCUT2D eigenvalue weighted by Gasteiger charge is -2.12. The predicted octanol–water partition coefficient (Wildman–Crippen LogP) is 6.28. The summed E-state index contributed by atoms with van der Waals surface area (Å²) >= 11 is 7.36. The van der Waals surface area contributed by atoms with Crippen LogP contribution < -0.4 is 20.9 Å². The number of nitrogens with zero attached hydrogens (tertiary/aromatic N) is 2. The van der Waals surface area contributed by atoms with Crippen molar-refractivity contribution in [3.05, 3.63) is 81.6 Å². The molecule has 2 aromatic heterocycles. The Morgan fingerprint density at radius 1 is 1.33 bits per heavy atom. The predicted molar refractivity (Wildman–Crippen MR) is 150 cm³/mol. The summed E-state index contributed by atoms with van der Waals surface area (Å²) in [5, 5.41) is 8.18. The Bertz CT molecular complexity index is 1490. The first-order valence-electron chi connectivity index (χ1n) is 11.1. The summed E-state index contributed by atoms with van der Waals surface area (Å²) in [5.41, 5.74) is 1.21. The molecule has 11 heteroatoms. The van der Waals surface area contributed by atoms with Gasteiger partial charge in [-0.15, -0.1) is 11.3 Å². The van der Waals surface area contributed by atoms with E-state index in [9.17, 15) is 9.59 Å². The zero-order chi connectivity index (χ0) is 25.8. The second-order valence-electron chi connectivity index (χ2n) is 8.00. The van der Waals surface area contributed by atoms with Gasteiger partial charge in [-0.2, -0.15) is 0 Å². The van der Waals surface area contributed by atoms with Gasteiger partial charge in [-0.3, -0.25) is 14.1 Å². The highest BCUT2D eigenvalue weighted by Gasteiger charge is 2.21. The fourth-order valence-corrected chi connectivity index (χ4v) is 6.19. The van der Waals surface area contributed by atoms with E-state index in [0.717, 1.165) is 33.4 Å². The summed E-state index contributed by atoms with van der Waals surface area (Å²) in [6.07, 6.45) is 6.00. The molecule has 0 aliphatic heterocycles. The van der Waals surface area contributed by atoms with Crippen LogP contribution in [0.5, 0.6) is 0 Å². The summed E-state index contributed by atoms with van der Waals surface area (Å²) in [7, 11) is -0.671. The number of amides is 2. The number of hydrogen-bond acceptors (Lipinski definition) is 5. The first kappa shape index (κ1) is 25.9. The minimum Gasteiger partial charge on any atom is -0.382 e. The van der Waals surface area contributed by atoms with Crippen molar-refractivity contribution in [2.45, 2.75) is 36.9 Å². The molecule has 1 aliphatic carbocycles. The Morgan fingerprint density at radius 3 is 2.75 bits per heavy atom. The third-order valence-corrected chi connectivity index (χ3v) is 8.64. The van der Waals surface area contributed by atoms with Gasteiger partial charge < -0.3 is 10.6 Å². The van der Waals surface area contributed by atoms with Gasteiger partial charge in [0.2, 0.25) is 0 Å². The van der Waals surface area contributed by atoms with Crippen LogP contribution in [0.2, 0.25) is 4.34 Å². The molecule has 4 rings (SSSR count). The van der Waals surface area contributed by atoms with Crippen molar-refractivity contribution >= 4 is 67.3 Å². The van der Waals surface area contributed by atoms with Crippen molar-refractivity contribution in [2.75, 3.05) is 5.32 Å². The number of nitrogens with one attached hydrogen (secondary N) is 3. The quantitative estimate of drug-likeness (QED) is 0.230. The third kappa shape index (κ3) is 6.13. The van der Waals surface area contributed by atoms with Gasteiger partial charge in [0.25, 0.3) is 5.56 Å². The number of urea groups is 1. The van der Waals surface area contributed by atoms with E-state index in [1.54, 1.807) is 12.1 Å². The van der Waals surface area contributed by atoms with Crippen LogP contribution in [-0.4, -0.2) is 27.0 Å². The number of benzene rings is 1. The molecule has 3 aromatic rings. The molecule has 0 radical (unpaired) electrons. The highest BCUT2D eigenvalue weighted by atomic mass is 35.5. The van der Waals surface area contributed by atoms with Crippen molar-refractivity contribution in [2.24, 2.45) is 0 Å². The summed E-state index contributed by atoms with van der Waals surface area (Å²) in [6.45, 7) is 6.94. The molecule has 0 bridgehead atoms. The molecule has 0 spiro atoms. The van der Waals surface area contributed by atoms with Crippen molar-refractivity contribution in [3.8, 4) is 0 Å². The van der Waals surface area contributed by atoms with E-state index >= 15 is 4.39 Å². The molecule has 1 unspecified atom stereocenters. The minimum atomic E-state index is -0.716. The van der Waals surface area contributed by atoms with Crippen LogP contribution in [-0.2, 0) is 0 Å². The topological polar surface area (TPSA) is 88.1 Å². The molecule has 36 heavy (non-hydrogen) atoms. The van der Waals surface area contributed by atoms with E-state index in [0.29, 0.717) is 21.3 Å². The zero-order valence-corrected chi connectivity index (χ0v) is 22.1. The molecule has 0 saturated heterocycles. The monoisotopic (exact) mass is 545 g/mol. The van der Waals surface area contributed by atoms with Gasteiger partial charge in [0, 0.05) is 17.4 Å². The van der Waals surface area contributed by atoms with Crippen LogP contribution in [0, 0.1) is 0 Å². The third-order valence-electron chi connectivity index (χ3n) is 5.38. The maximum atomic E-state index is 15.1. The number of hydrogen-bond donors (Lipinski definition) is 3. The van der Waals surface area contributed by atoms with E-state index in [-0.39, 0.29) is 17.0 Å². The number of carbonyl (C=O) groups excluding carboxylic acids is 1. The molecular weight excluding hydrogens is 521 g/mol. The summed E-state index contributed by atoms with van der Waals surface area (Å²) < 4.78 is 20.6. The maximum Gasteiger partial charge on any atom is 0.329 e. The Balaban J connectivity index is 1.53. The Labute approximate surface area is 219 Å². The normalized spacial score (nSPS) is 15.4. The highest BCUT2D eigenvalue weighted by molar-refractivity contribution is 8.15. The SMILES string of the molecule is C=C/C(=C\C(F)=C(/C)n1cnc2cc(NC3CC3)ccc2c1=O)NC(=O)N/S(=C/C)c1ccc(Cl)s1. The number of carbonyl (C=O) groups is 1. The standard InChI is InChI=1S/C25H25ClFN5O2S2/c1-4-16(30-25(34)31-36(5-2)23-11-10-22(26)35-23)12-20(27)15(3)32-14-28-21-13-18(29-17-6-7-17)8-9-19(21)24(32)33/h4-5,8-14,17,29H,1,6-7H2,2-3H3,(H2,30,31,34)/b16-12+,20-15-. The molecule has 2 heterocycles. The van der Waals surface area contributed by atoms with Crippen molar-refractivity contribution in [1.82, 2.24) is 19.6 Å². The average Bonchev–Trinajstić information content (AvgIpc) is 3.58. The zero-order valence-electron chi connectivity index (χ0n) is 19.7. The van der Waals surface area contributed by atoms with E-state index < -0.39 is 22.5 Å². The first-order valence-corrected chi connectivity index (χ1v) is 13.6. The van der Waals surface area contributed by atoms with Crippen LogP contribution in [0.25, 0.3) is 16.6 Å². The van der Waals surface area contributed by atoms with E-state index in [4.69, 9.17) is 11.6 Å². The average molecular weight is 546 g/mol. The largest absolute Gasteiger partial charge is 0.382 e. The van der Waals surface area contributed by atoms with Gasteiger partial charge in [-0.25, -0.2) is 14.2 Å². The van der Waals surface area contributed by atoms with Gasteiger partial charge >= 0.3 is 6.03 Å². The van der Waals surface area contributed by atoms with Gasteiger partial charge in [-0.1, -0.05) is 28.8 Å². The van der Waals surface area contributed by atoms with Crippen molar-refractivity contribution < 1.29 is 9.18 Å². The fourth-order valence-electron chi connectivity index (χ4n) is 3.31. The van der Waals surface area contributed by atoms with Gasteiger partial charge in [0.05, 0.1) is 25.1 Å². The Kier molecular flexibility index (Phi) is 8.07. The summed E-state index contributed by atoms with van der Waals surface area (Å²) in [4.78, 5) is 29.9. The number of halogens is 2. The lowest BCUT2D eigenvalue weighted by molar-refractivity contribution is 0.249. The number of rotatable bonds is 8. The Morgan fingerprint density at radius 2 is 2.11 bits per heavy atom. The molecular formula is C25H25ClFN5O2S2. The second-order valence-corrected chi connectivity index (χ2v) is 11.8. The Hall–Kier alpha value is -3.21. The molecule has 1 fully saturated rings. The number of fused-ring (bicyclic) bond motifs is 1. The van der Waals surface area contributed by atoms with Gasteiger partial charge in [0.15, 0.2) is 0 Å². The van der Waals surface area contributed by atoms with Crippen LogP contribution in [0.15, 0.2) is 75.9 Å². The van der Waals surface area contributed by atoms with E-state index in [1.165, 1.54) is 30.7 Å². The maximum absolute atomic E-state index is 15.1. The first-order chi connectivity index (χ1) is 17.3. The fraction of sp³-hybridized carbons (Fsp3) is 0.200. The minimum absolute atomic E-state index is 0.0333. The second kappa shape index (κ2) is 11.2. The molecule has 188 valence electrons. The molecule has 1 aliphatic rings. The van der Waals surface area contributed by atoms with Crippen LogP contribution >= 0.6 is 33.6 Å².